The number of amides is 2. The van der Waals surface area contributed by atoms with Gasteiger partial charge in [-0.3, -0.25) is 9.59 Å². The summed E-state index contributed by atoms with van der Waals surface area (Å²) in [6.45, 7) is 1.34. The van der Waals surface area contributed by atoms with E-state index in [1.807, 2.05) is 4.90 Å². The first kappa shape index (κ1) is 19.4. The van der Waals surface area contributed by atoms with Crippen molar-refractivity contribution in [2.75, 3.05) is 13.1 Å². The standard InChI is InChI=1S/C22H29FN2O3/c23-17-5-1-4-16(14-17)15-20(27)25-13-3-11-22(25)10-2-12-24(21(22)28)18-6-8-19(26)9-7-18/h1,4-5,14,18-19,26H,2-3,6-13,15H2. The highest BCUT2D eigenvalue weighted by Gasteiger charge is 2.53. The smallest absolute Gasteiger partial charge is 0.248 e. The van der Waals surface area contributed by atoms with Crippen molar-refractivity contribution in [3.05, 3.63) is 35.6 Å². The van der Waals surface area contributed by atoms with Crippen LogP contribution in [-0.2, 0) is 16.0 Å². The van der Waals surface area contributed by atoms with Crippen molar-refractivity contribution in [2.45, 2.75) is 75.5 Å². The van der Waals surface area contributed by atoms with E-state index >= 15 is 0 Å². The lowest BCUT2D eigenvalue weighted by atomic mass is 9.82. The SMILES string of the molecule is O=C(Cc1cccc(F)c1)N1CCCC12CCCN(C1CCC(O)CC1)C2=O. The van der Waals surface area contributed by atoms with Gasteiger partial charge in [-0.25, -0.2) is 4.39 Å². The summed E-state index contributed by atoms with van der Waals surface area (Å²) in [5, 5.41) is 9.79. The predicted octanol–water partition coefficient (Wildman–Crippen LogP) is 2.66. The van der Waals surface area contributed by atoms with Crippen LogP contribution >= 0.6 is 0 Å². The molecule has 2 amide bonds. The number of hydrogen-bond donors (Lipinski definition) is 1. The van der Waals surface area contributed by atoms with Gasteiger partial charge in [0.1, 0.15) is 11.4 Å². The lowest BCUT2D eigenvalue weighted by Crippen LogP contribution is -2.63. The van der Waals surface area contributed by atoms with Crippen LogP contribution in [0.5, 0.6) is 0 Å². The number of aliphatic hydroxyl groups excluding tert-OH is 1. The molecule has 1 saturated carbocycles. The van der Waals surface area contributed by atoms with E-state index in [-0.39, 0.29) is 36.2 Å². The maximum Gasteiger partial charge on any atom is 0.248 e. The molecule has 4 rings (SSSR count). The second-order valence-electron chi connectivity index (χ2n) is 8.55. The zero-order chi connectivity index (χ0) is 19.7. The number of halogens is 1. The second-order valence-corrected chi connectivity index (χ2v) is 8.55. The summed E-state index contributed by atoms with van der Waals surface area (Å²) in [6.07, 6.45) is 6.18. The molecule has 2 saturated heterocycles. The summed E-state index contributed by atoms with van der Waals surface area (Å²) in [5.74, 6) is -0.344. The molecule has 2 aliphatic heterocycles. The van der Waals surface area contributed by atoms with Crippen molar-refractivity contribution < 1.29 is 19.1 Å². The third kappa shape index (κ3) is 3.54. The minimum absolute atomic E-state index is 0.0858. The van der Waals surface area contributed by atoms with Crippen molar-refractivity contribution in [2.24, 2.45) is 0 Å². The van der Waals surface area contributed by atoms with E-state index in [1.54, 1.807) is 17.0 Å². The van der Waals surface area contributed by atoms with E-state index in [2.05, 4.69) is 0 Å². The molecule has 1 aromatic rings. The number of carbonyl (C=O) groups excluding carboxylic acids is 2. The quantitative estimate of drug-likeness (QED) is 0.866. The molecule has 1 aromatic carbocycles. The summed E-state index contributed by atoms with van der Waals surface area (Å²) in [5.41, 5.74) is -0.0768. The number of nitrogens with zero attached hydrogens (tertiary/aromatic N) is 2. The van der Waals surface area contributed by atoms with Crippen LogP contribution in [0.15, 0.2) is 24.3 Å². The normalized spacial score (nSPS) is 30.9. The monoisotopic (exact) mass is 388 g/mol. The van der Waals surface area contributed by atoms with Gasteiger partial charge in [-0.2, -0.15) is 0 Å². The maximum absolute atomic E-state index is 13.6. The molecule has 0 bridgehead atoms. The first-order chi connectivity index (χ1) is 13.5. The highest BCUT2D eigenvalue weighted by molar-refractivity contribution is 5.93. The first-order valence-electron chi connectivity index (χ1n) is 10.5. The van der Waals surface area contributed by atoms with Crippen LogP contribution < -0.4 is 0 Å². The van der Waals surface area contributed by atoms with E-state index in [1.165, 1.54) is 12.1 Å². The first-order valence-corrected chi connectivity index (χ1v) is 10.5. The second kappa shape index (κ2) is 7.82. The lowest BCUT2D eigenvalue weighted by molar-refractivity contribution is -0.158. The van der Waals surface area contributed by atoms with Gasteiger partial charge < -0.3 is 14.9 Å². The Balaban J connectivity index is 1.51. The Bertz CT molecular complexity index is 747. The third-order valence-corrected chi connectivity index (χ3v) is 6.79. The Morgan fingerprint density at radius 3 is 2.57 bits per heavy atom. The Morgan fingerprint density at radius 2 is 1.86 bits per heavy atom. The molecular formula is C22H29FN2O3. The highest BCUT2D eigenvalue weighted by Crippen LogP contribution is 2.40. The number of aliphatic hydroxyl groups is 1. The van der Waals surface area contributed by atoms with Crippen LogP contribution in [0, 0.1) is 5.82 Å². The highest BCUT2D eigenvalue weighted by atomic mass is 19.1. The van der Waals surface area contributed by atoms with Gasteiger partial charge in [-0.05, 0) is 69.1 Å². The molecule has 5 nitrogen and oxygen atoms in total. The van der Waals surface area contributed by atoms with Crippen molar-refractivity contribution in [1.29, 1.82) is 0 Å². The van der Waals surface area contributed by atoms with Gasteiger partial charge in [0.05, 0.1) is 12.5 Å². The Kier molecular flexibility index (Phi) is 5.41. The van der Waals surface area contributed by atoms with E-state index in [0.29, 0.717) is 24.9 Å². The summed E-state index contributed by atoms with van der Waals surface area (Å²) >= 11 is 0. The third-order valence-electron chi connectivity index (χ3n) is 6.79. The number of hydrogen-bond acceptors (Lipinski definition) is 3. The molecule has 1 atom stereocenters. The Labute approximate surface area is 165 Å². The molecule has 1 N–H and O–H groups in total. The van der Waals surface area contributed by atoms with Crippen molar-refractivity contribution >= 4 is 11.8 Å². The van der Waals surface area contributed by atoms with E-state index < -0.39 is 5.54 Å². The number of benzene rings is 1. The van der Waals surface area contributed by atoms with E-state index in [0.717, 1.165) is 45.1 Å². The van der Waals surface area contributed by atoms with Crippen LogP contribution in [0.1, 0.15) is 56.9 Å². The topological polar surface area (TPSA) is 60.9 Å². The fourth-order valence-electron chi connectivity index (χ4n) is 5.38. The molecule has 1 spiro atoms. The molecule has 0 radical (unpaired) electrons. The van der Waals surface area contributed by atoms with E-state index in [4.69, 9.17) is 0 Å². The predicted molar refractivity (Wildman–Crippen MR) is 103 cm³/mol. The average molecular weight is 388 g/mol. The number of likely N-dealkylation sites (tertiary alicyclic amines) is 2. The zero-order valence-corrected chi connectivity index (χ0v) is 16.3. The summed E-state index contributed by atoms with van der Waals surface area (Å²) in [7, 11) is 0. The summed E-state index contributed by atoms with van der Waals surface area (Å²) in [6, 6.07) is 6.31. The van der Waals surface area contributed by atoms with Gasteiger partial charge in [-0.1, -0.05) is 12.1 Å². The van der Waals surface area contributed by atoms with Gasteiger partial charge in [0.25, 0.3) is 0 Å². The summed E-state index contributed by atoms with van der Waals surface area (Å²) in [4.78, 5) is 30.4. The molecule has 1 unspecified atom stereocenters. The maximum atomic E-state index is 13.6. The molecule has 152 valence electrons. The minimum Gasteiger partial charge on any atom is -0.393 e. The van der Waals surface area contributed by atoms with Gasteiger partial charge in [0.15, 0.2) is 0 Å². The van der Waals surface area contributed by atoms with Crippen molar-refractivity contribution in [3.63, 3.8) is 0 Å². The summed E-state index contributed by atoms with van der Waals surface area (Å²) < 4.78 is 13.5. The lowest BCUT2D eigenvalue weighted by Gasteiger charge is -2.48. The molecule has 2 heterocycles. The Hall–Kier alpha value is -1.95. The van der Waals surface area contributed by atoms with Gasteiger partial charge >= 0.3 is 0 Å². The fraction of sp³-hybridized carbons (Fsp3) is 0.636. The van der Waals surface area contributed by atoms with Crippen LogP contribution in [0.3, 0.4) is 0 Å². The van der Waals surface area contributed by atoms with E-state index in [9.17, 15) is 19.1 Å². The fourth-order valence-corrected chi connectivity index (χ4v) is 5.38. The number of rotatable bonds is 3. The minimum atomic E-state index is -0.723. The Morgan fingerprint density at radius 1 is 1.14 bits per heavy atom. The van der Waals surface area contributed by atoms with Gasteiger partial charge in [0, 0.05) is 19.1 Å². The van der Waals surface area contributed by atoms with Crippen LogP contribution in [0.2, 0.25) is 0 Å². The number of piperidine rings is 1. The van der Waals surface area contributed by atoms with Crippen LogP contribution in [-0.4, -0.2) is 57.5 Å². The van der Waals surface area contributed by atoms with Crippen molar-refractivity contribution in [1.82, 2.24) is 9.80 Å². The molecule has 6 heteroatoms. The average Bonchev–Trinajstić information content (AvgIpc) is 3.10. The molecule has 3 aliphatic rings. The molecule has 3 fully saturated rings. The molecular weight excluding hydrogens is 359 g/mol. The van der Waals surface area contributed by atoms with Gasteiger partial charge in [0.2, 0.25) is 11.8 Å². The van der Waals surface area contributed by atoms with Crippen molar-refractivity contribution in [3.8, 4) is 0 Å². The zero-order valence-electron chi connectivity index (χ0n) is 16.3. The molecule has 0 aromatic heterocycles. The van der Waals surface area contributed by atoms with Crippen LogP contribution in [0.25, 0.3) is 0 Å². The molecule has 28 heavy (non-hydrogen) atoms. The molecule has 1 aliphatic carbocycles. The largest absolute Gasteiger partial charge is 0.393 e. The number of carbonyl (C=O) groups is 2. The van der Waals surface area contributed by atoms with Crippen LogP contribution in [0.4, 0.5) is 4.39 Å². The van der Waals surface area contributed by atoms with Gasteiger partial charge in [-0.15, -0.1) is 0 Å².